The Balaban J connectivity index is 1.68. The molecule has 0 radical (unpaired) electrons. The van der Waals surface area contributed by atoms with Crippen LogP contribution in [0.3, 0.4) is 0 Å². The maximum absolute atomic E-state index is 11.7. The minimum absolute atomic E-state index is 0.216. The third-order valence-corrected chi connectivity index (χ3v) is 3.60. The first-order valence-electron chi connectivity index (χ1n) is 6.62. The molecule has 16 heavy (non-hydrogen) atoms. The molecule has 1 aliphatic heterocycles. The Morgan fingerprint density at radius 1 is 1.25 bits per heavy atom. The van der Waals surface area contributed by atoms with Crippen molar-refractivity contribution in [3.8, 4) is 0 Å². The highest BCUT2D eigenvalue weighted by atomic mass is 16.2. The van der Waals surface area contributed by atoms with Crippen LogP contribution in [0.4, 0.5) is 0 Å². The SMILES string of the molecule is CC1CC(C)CN(CC(=O)NCC2CC2)C1. The summed E-state index contributed by atoms with van der Waals surface area (Å²) < 4.78 is 0. The van der Waals surface area contributed by atoms with Gasteiger partial charge in [0.15, 0.2) is 0 Å². The molecule has 0 spiro atoms. The lowest BCUT2D eigenvalue weighted by Crippen LogP contribution is -2.44. The highest BCUT2D eigenvalue weighted by molar-refractivity contribution is 5.78. The molecule has 3 nitrogen and oxygen atoms in total. The summed E-state index contributed by atoms with van der Waals surface area (Å²) in [6.45, 7) is 8.23. The lowest BCUT2D eigenvalue weighted by atomic mass is 9.92. The summed E-state index contributed by atoms with van der Waals surface area (Å²) in [5.41, 5.74) is 0. The van der Waals surface area contributed by atoms with Crippen molar-refractivity contribution in [3.05, 3.63) is 0 Å². The van der Waals surface area contributed by atoms with Gasteiger partial charge in [-0.1, -0.05) is 13.8 Å². The van der Waals surface area contributed by atoms with Crippen LogP contribution in [0.5, 0.6) is 0 Å². The first kappa shape index (κ1) is 11.9. The van der Waals surface area contributed by atoms with E-state index in [9.17, 15) is 4.79 Å². The fourth-order valence-electron chi connectivity index (χ4n) is 2.76. The van der Waals surface area contributed by atoms with E-state index in [0.29, 0.717) is 6.54 Å². The van der Waals surface area contributed by atoms with E-state index in [1.165, 1.54) is 19.3 Å². The van der Waals surface area contributed by atoms with Gasteiger partial charge in [-0.2, -0.15) is 0 Å². The lowest BCUT2D eigenvalue weighted by molar-refractivity contribution is -0.122. The smallest absolute Gasteiger partial charge is 0.234 e. The van der Waals surface area contributed by atoms with Crippen LogP contribution in [0.15, 0.2) is 0 Å². The van der Waals surface area contributed by atoms with Gasteiger partial charge in [-0.05, 0) is 37.0 Å². The lowest BCUT2D eigenvalue weighted by Gasteiger charge is -2.34. The van der Waals surface area contributed by atoms with E-state index in [0.717, 1.165) is 37.4 Å². The number of carbonyl (C=O) groups is 1. The van der Waals surface area contributed by atoms with Gasteiger partial charge < -0.3 is 5.32 Å². The first-order chi connectivity index (χ1) is 7.63. The van der Waals surface area contributed by atoms with Gasteiger partial charge in [-0.15, -0.1) is 0 Å². The first-order valence-corrected chi connectivity index (χ1v) is 6.62. The predicted molar refractivity (Wildman–Crippen MR) is 65.1 cm³/mol. The van der Waals surface area contributed by atoms with Gasteiger partial charge in [0.25, 0.3) is 0 Å². The van der Waals surface area contributed by atoms with E-state index in [1.54, 1.807) is 0 Å². The maximum atomic E-state index is 11.7. The van der Waals surface area contributed by atoms with Gasteiger partial charge in [0, 0.05) is 19.6 Å². The minimum Gasteiger partial charge on any atom is -0.355 e. The quantitative estimate of drug-likeness (QED) is 0.784. The van der Waals surface area contributed by atoms with Crippen molar-refractivity contribution in [2.45, 2.75) is 33.1 Å². The number of hydrogen-bond donors (Lipinski definition) is 1. The second-order valence-electron chi connectivity index (χ2n) is 5.89. The molecule has 1 amide bonds. The van der Waals surface area contributed by atoms with E-state index >= 15 is 0 Å². The van der Waals surface area contributed by atoms with Gasteiger partial charge in [-0.25, -0.2) is 0 Å². The van der Waals surface area contributed by atoms with Crippen LogP contribution in [0.2, 0.25) is 0 Å². The molecule has 2 atom stereocenters. The fraction of sp³-hybridized carbons (Fsp3) is 0.923. The number of hydrogen-bond acceptors (Lipinski definition) is 2. The summed E-state index contributed by atoms with van der Waals surface area (Å²) in [6, 6.07) is 0. The molecule has 1 saturated heterocycles. The molecule has 1 heterocycles. The second-order valence-corrected chi connectivity index (χ2v) is 5.89. The Morgan fingerprint density at radius 2 is 1.88 bits per heavy atom. The molecule has 1 aliphatic carbocycles. The zero-order valence-corrected chi connectivity index (χ0v) is 10.5. The highest BCUT2D eigenvalue weighted by Gasteiger charge is 2.25. The molecular formula is C13H24N2O. The Kier molecular flexibility index (Phi) is 3.85. The average molecular weight is 224 g/mol. The number of rotatable bonds is 4. The summed E-state index contributed by atoms with van der Waals surface area (Å²) in [5.74, 6) is 2.47. The third kappa shape index (κ3) is 3.78. The molecule has 1 saturated carbocycles. The number of piperidine rings is 1. The van der Waals surface area contributed by atoms with Gasteiger partial charge >= 0.3 is 0 Å². The summed E-state index contributed by atoms with van der Waals surface area (Å²) in [7, 11) is 0. The van der Waals surface area contributed by atoms with Crippen LogP contribution in [-0.4, -0.2) is 37.0 Å². The number of amides is 1. The van der Waals surface area contributed by atoms with Crippen LogP contribution in [0, 0.1) is 17.8 Å². The third-order valence-electron chi connectivity index (χ3n) is 3.60. The van der Waals surface area contributed by atoms with E-state index in [2.05, 4.69) is 24.1 Å². The van der Waals surface area contributed by atoms with E-state index in [-0.39, 0.29) is 5.91 Å². The molecule has 0 aromatic rings. The highest BCUT2D eigenvalue weighted by Crippen LogP contribution is 2.27. The van der Waals surface area contributed by atoms with Crippen molar-refractivity contribution in [1.82, 2.24) is 10.2 Å². The van der Waals surface area contributed by atoms with Crippen molar-refractivity contribution < 1.29 is 4.79 Å². The number of nitrogens with zero attached hydrogens (tertiary/aromatic N) is 1. The van der Waals surface area contributed by atoms with Crippen LogP contribution >= 0.6 is 0 Å². The zero-order valence-electron chi connectivity index (χ0n) is 10.5. The minimum atomic E-state index is 0.216. The standard InChI is InChI=1S/C13H24N2O/c1-10-5-11(2)8-15(7-10)9-13(16)14-6-12-3-4-12/h10-12H,3-9H2,1-2H3,(H,14,16). The van der Waals surface area contributed by atoms with Crippen molar-refractivity contribution in [2.24, 2.45) is 17.8 Å². The van der Waals surface area contributed by atoms with Crippen molar-refractivity contribution in [2.75, 3.05) is 26.2 Å². The molecule has 2 unspecified atom stereocenters. The fourth-order valence-corrected chi connectivity index (χ4v) is 2.76. The van der Waals surface area contributed by atoms with E-state index in [1.807, 2.05) is 0 Å². The van der Waals surface area contributed by atoms with Crippen LogP contribution < -0.4 is 5.32 Å². The molecule has 92 valence electrons. The normalized spacial score (nSPS) is 31.4. The molecular weight excluding hydrogens is 200 g/mol. The van der Waals surface area contributed by atoms with Gasteiger partial charge in [-0.3, -0.25) is 9.69 Å². The average Bonchev–Trinajstić information content (AvgIpc) is 2.96. The van der Waals surface area contributed by atoms with Gasteiger partial charge in [0.1, 0.15) is 0 Å². The molecule has 2 fully saturated rings. The molecule has 2 aliphatic rings. The van der Waals surface area contributed by atoms with Crippen molar-refractivity contribution >= 4 is 5.91 Å². The molecule has 0 aromatic carbocycles. The Morgan fingerprint density at radius 3 is 2.44 bits per heavy atom. The van der Waals surface area contributed by atoms with Gasteiger partial charge in [0.05, 0.1) is 6.54 Å². The number of nitrogens with one attached hydrogen (secondary N) is 1. The summed E-state index contributed by atoms with van der Waals surface area (Å²) >= 11 is 0. The molecule has 1 N–H and O–H groups in total. The van der Waals surface area contributed by atoms with Crippen molar-refractivity contribution in [1.29, 1.82) is 0 Å². The van der Waals surface area contributed by atoms with Crippen molar-refractivity contribution in [3.63, 3.8) is 0 Å². The Bertz CT molecular complexity index is 240. The zero-order chi connectivity index (χ0) is 11.5. The van der Waals surface area contributed by atoms with Crippen LogP contribution in [0.25, 0.3) is 0 Å². The largest absolute Gasteiger partial charge is 0.355 e. The van der Waals surface area contributed by atoms with Gasteiger partial charge in [0.2, 0.25) is 5.91 Å². The Labute approximate surface area is 98.6 Å². The van der Waals surface area contributed by atoms with Crippen LogP contribution in [0.1, 0.15) is 33.1 Å². The molecule has 2 rings (SSSR count). The number of carbonyl (C=O) groups excluding carboxylic acids is 1. The Hall–Kier alpha value is -0.570. The predicted octanol–water partition coefficient (Wildman–Crippen LogP) is 1.49. The summed E-state index contributed by atoms with van der Waals surface area (Å²) in [4.78, 5) is 14.0. The number of likely N-dealkylation sites (tertiary alicyclic amines) is 1. The molecule has 0 aromatic heterocycles. The van der Waals surface area contributed by atoms with Crippen LogP contribution in [-0.2, 0) is 4.79 Å². The molecule has 0 bridgehead atoms. The summed E-state index contributed by atoms with van der Waals surface area (Å²) in [5, 5.41) is 3.04. The topological polar surface area (TPSA) is 32.3 Å². The maximum Gasteiger partial charge on any atom is 0.234 e. The van der Waals surface area contributed by atoms with E-state index in [4.69, 9.17) is 0 Å². The molecule has 3 heteroatoms. The van der Waals surface area contributed by atoms with E-state index < -0.39 is 0 Å². The summed E-state index contributed by atoms with van der Waals surface area (Å²) in [6.07, 6.45) is 3.91. The second kappa shape index (κ2) is 5.17. The monoisotopic (exact) mass is 224 g/mol.